The van der Waals surface area contributed by atoms with Gasteiger partial charge in [0, 0.05) is 17.1 Å². The van der Waals surface area contributed by atoms with Crippen LogP contribution in [0.4, 0.5) is 13.2 Å². The number of aromatic nitrogens is 3. The van der Waals surface area contributed by atoms with Crippen LogP contribution in [0.25, 0.3) is 11.4 Å². The second-order valence-electron chi connectivity index (χ2n) is 10.4. The predicted molar refractivity (Wildman–Crippen MR) is 143 cm³/mol. The van der Waals surface area contributed by atoms with Crippen molar-refractivity contribution in [2.24, 2.45) is 11.1 Å². The maximum atomic E-state index is 14.7. The van der Waals surface area contributed by atoms with Gasteiger partial charge in [-0.2, -0.15) is 5.10 Å². The number of alkyl halides is 1. The van der Waals surface area contributed by atoms with Crippen molar-refractivity contribution in [3.63, 3.8) is 0 Å². The summed E-state index contributed by atoms with van der Waals surface area (Å²) in [5.41, 5.74) is 5.87. The van der Waals surface area contributed by atoms with Gasteiger partial charge in [-0.3, -0.25) is 4.79 Å². The maximum Gasteiger partial charge on any atom is 0.251 e. The number of carbonyl (C=O) groups excluding carboxylic acids is 1. The van der Waals surface area contributed by atoms with E-state index >= 15 is 0 Å². The molecule has 0 aliphatic rings. The Morgan fingerprint density at radius 3 is 2.53 bits per heavy atom. The van der Waals surface area contributed by atoms with Gasteiger partial charge in [0.05, 0.1) is 18.2 Å². The van der Waals surface area contributed by atoms with Gasteiger partial charge in [-0.1, -0.05) is 48.8 Å². The lowest BCUT2D eigenvalue weighted by Gasteiger charge is -2.40. The molecule has 0 fully saturated rings. The minimum absolute atomic E-state index is 0.0458. The van der Waals surface area contributed by atoms with Crippen LogP contribution in [-0.2, 0) is 11.3 Å². The van der Waals surface area contributed by atoms with Crippen LogP contribution in [0, 0.1) is 17.0 Å². The van der Waals surface area contributed by atoms with Crippen LogP contribution in [0.2, 0.25) is 0 Å². The Morgan fingerprint density at radius 1 is 1.21 bits per heavy atom. The van der Waals surface area contributed by atoms with Crippen LogP contribution in [0.15, 0.2) is 46.9 Å². The molecule has 0 radical (unpaired) electrons. The number of aliphatic hydroxyl groups is 1. The zero-order valence-corrected chi connectivity index (χ0v) is 23.4. The van der Waals surface area contributed by atoms with Crippen LogP contribution < -0.4 is 5.73 Å². The van der Waals surface area contributed by atoms with Crippen molar-refractivity contribution in [1.29, 1.82) is 0 Å². The molecule has 11 heteroatoms. The fourth-order valence-electron chi connectivity index (χ4n) is 4.25. The van der Waals surface area contributed by atoms with E-state index in [-0.39, 0.29) is 30.9 Å². The highest BCUT2D eigenvalue weighted by Crippen LogP contribution is 2.39. The first kappa shape index (κ1) is 29.8. The van der Waals surface area contributed by atoms with Crippen LogP contribution >= 0.6 is 15.9 Å². The minimum Gasteiger partial charge on any atom is -0.384 e. The average Bonchev–Trinajstić information content (AvgIpc) is 3.23. The van der Waals surface area contributed by atoms with E-state index in [4.69, 9.17) is 5.73 Å². The number of amides is 1. The van der Waals surface area contributed by atoms with Crippen molar-refractivity contribution >= 4 is 21.8 Å². The molecule has 0 aliphatic carbocycles. The Balaban J connectivity index is 2.22. The molecule has 7 nitrogen and oxygen atoms in total. The molecule has 2 aromatic carbocycles. The molecule has 0 spiro atoms. The summed E-state index contributed by atoms with van der Waals surface area (Å²) >= 11 is 3.45. The van der Waals surface area contributed by atoms with Crippen molar-refractivity contribution in [1.82, 2.24) is 19.7 Å². The fourth-order valence-corrected chi connectivity index (χ4v) is 4.69. The molecule has 3 aromatic rings. The highest BCUT2D eigenvalue weighted by molar-refractivity contribution is 9.10. The van der Waals surface area contributed by atoms with E-state index in [2.05, 4.69) is 26.0 Å². The van der Waals surface area contributed by atoms with Crippen LogP contribution in [0.5, 0.6) is 0 Å². The van der Waals surface area contributed by atoms with E-state index < -0.39 is 47.8 Å². The van der Waals surface area contributed by atoms with Crippen molar-refractivity contribution in [2.45, 2.75) is 58.8 Å². The first-order valence-corrected chi connectivity index (χ1v) is 13.1. The molecule has 0 saturated carbocycles. The Hall–Kier alpha value is -2.76. The predicted octanol–water partition coefficient (Wildman–Crippen LogP) is 5.02. The molecule has 206 valence electrons. The summed E-state index contributed by atoms with van der Waals surface area (Å²) in [6.45, 7) is 6.50. The summed E-state index contributed by atoms with van der Waals surface area (Å²) < 4.78 is 44.4. The van der Waals surface area contributed by atoms with Gasteiger partial charge in [-0.05, 0) is 54.7 Å². The Bertz CT molecular complexity index is 1260. The molecular weight excluding hydrogens is 563 g/mol. The normalized spacial score (nSPS) is 14.3. The van der Waals surface area contributed by atoms with Gasteiger partial charge in [-0.25, -0.2) is 22.8 Å². The number of aliphatic hydroxyl groups excluding tert-OH is 1. The van der Waals surface area contributed by atoms with Gasteiger partial charge in [0.1, 0.15) is 24.4 Å². The van der Waals surface area contributed by atoms with Gasteiger partial charge < -0.3 is 15.7 Å². The number of benzene rings is 2. The van der Waals surface area contributed by atoms with Gasteiger partial charge in [0.15, 0.2) is 11.6 Å². The topological polar surface area (TPSA) is 97.3 Å². The number of hydrogen-bond acceptors (Lipinski definition) is 5. The smallest absolute Gasteiger partial charge is 0.251 e. The molecule has 3 N–H and O–H groups in total. The Kier molecular flexibility index (Phi) is 9.72. The third kappa shape index (κ3) is 7.21. The maximum absolute atomic E-state index is 14.7. The van der Waals surface area contributed by atoms with Crippen molar-refractivity contribution in [2.75, 3.05) is 13.2 Å². The molecule has 0 aliphatic heterocycles. The quantitative estimate of drug-likeness (QED) is 0.343. The molecule has 38 heavy (non-hydrogen) atoms. The molecular formula is C27H33BrF3N5O2. The zero-order chi connectivity index (χ0) is 28.2. The van der Waals surface area contributed by atoms with Crippen molar-refractivity contribution in [3.8, 4) is 11.4 Å². The van der Waals surface area contributed by atoms with Crippen molar-refractivity contribution < 1.29 is 23.1 Å². The Morgan fingerprint density at radius 2 is 1.92 bits per heavy atom. The first-order chi connectivity index (χ1) is 17.8. The van der Waals surface area contributed by atoms with E-state index in [0.717, 1.165) is 28.2 Å². The summed E-state index contributed by atoms with van der Waals surface area (Å²) in [5, 5.41) is 14.8. The second-order valence-corrected chi connectivity index (χ2v) is 11.3. The Labute approximate surface area is 229 Å². The van der Waals surface area contributed by atoms with Gasteiger partial charge in [0.25, 0.3) is 5.91 Å². The van der Waals surface area contributed by atoms with Crippen LogP contribution in [0.1, 0.15) is 51.5 Å². The molecule has 3 atom stereocenters. The third-order valence-electron chi connectivity index (χ3n) is 6.05. The summed E-state index contributed by atoms with van der Waals surface area (Å²) in [4.78, 5) is 19.3. The van der Waals surface area contributed by atoms with Gasteiger partial charge in [0.2, 0.25) is 0 Å². The largest absolute Gasteiger partial charge is 0.384 e. The van der Waals surface area contributed by atoms with Crippen molar-refractivity contribution in [3.05, 3.63) is 70.0 Å². The first-order valence-electron chi connectivity index (χ1n) is 12.3. The lowest BCUT2D eigenvalue weighted by Crippen LogP contribution is -2.47. The molecule has 1 aromatic heterocycles. The molecule has 3 rings (SSSR count). The van der Waals surface area contributed by atoms with E-state index in [9.17, 15) is 23.1 Å². The van der Waals surface area contributed by atoms with E-state index in [1.165, 1.54) is 11.8 Å². The van der Waals surface area contributed by atoms with Crippen LogP contribution in [-0.4, -0.2) is 56.0 Å². The molecule has 1 unspecified atom stereocenters. The molecule has 1 amide bonds. The lowest BCUT2D eigenvalue weighted by molar-refractivity contribution is -0.145. The second kappa shape index (κ2) is 12.4. The zero-order valence-electron chi connectivity index (χ0n) is 21.8. The number of nitrogens with zero attached hydrogens (tertiary/aromatic N) is 4. The highest BCUT2D eigenvalue weighted by Gasteiger charge is 2.40. The van der Waals surface area contributed by atoms with E-state index in [0.29, 0.717) is 5.82 Å². The number of carbonyl (C=O) groups is 1. The van der Waals surface area contributed by atoms with Crippen LogP contribution in [0.3, 0.4) is 0 Å². The standard InChI is InChI=1S/C27H33BrF3N5O2/c1-16(37)26(38)35(11-10-20(32)14-29)23(27(2,3)4)25-33-24(21-13-19(30)8-9-22(21)31)34-36(25)15-17-6-5-7-18(28)12-17/h5-9,12-13,16,20,23,37H,10-11,14-15,32H2,1-4H3/t16-,20-,23?/m0/s1. The highest BCUT2D eigenvalue weighted by atomic mass is 79.9. The number of hydrogen-bond donors (Lipinski definition) is 2. The molecule has 0 bridgehead atoms. The van der Waals surface area contributed by atoms with Gasteiger partial charge >= 0.3 is 0 Å². The average molecular weight is 596 g/mol. The van der Waals surface area contributed by atoms with E-state index in [1.807, 2.05) is 45.0 Å². The number of halogens is 4. The molecule has 1 heterocycles. The fraction of sp³-hybridized carbons (Fsp3) is 0.444. The van der Waals surface area contributed by atoms with E-state index in [1.54, 1.807) is 4.68 Å². The number of rotatable bonds is 10. The monoisotopic (exact) mass is 595 g/mol. The third-order valence-corrected chi connectivity index (χ3v) is 6.54. The lowest BCUT2D eigenvalue weighted by atomic mass is 9.84. The molecule has 0 saturated heterocycles. The van der Waals surface area contributed by atoms with Gasteiger partial charge in [-0.15, -0.1) is 0 Å². The summed E-state index contributed by atoms with van der Waals surface area (Å²) in [6, 6.07) is 8.94. The summed E-state index contributed by atoms with van der Waals surface area (Å²) in [6.07, 6.45) is -1.20. The minimum atomic E-state index is -1.34. The summed E-state index contributed by atoms with van der Waals surface area (Å²) in [5.74, 6) is -1.68. The summed E-state index contributed by atoms with van der Waals surface area (Å²) in [7, 11) is 0. The SMILES string of the molecule is C[C@H](O)C(=O)N(CC[C@H](N)CF)C(c1nc(-c2cc(F)ccc2F)nn1Cc1cccc(Br)c1)C(C)(C)C. The number of nitrogens with two attached hydrogens (primary N) is 1.